The number of aromatic carboxylic acids is 1. The minimum atomic E-state index is -0.904. The minimum absolute atomic E-state index is 0.294. The van der Waals surface area contributed by atoms with Crippen LogP contribution in [0.4, 0.5) is 0 Å². The Labute approximate surface area is 141 Å². The van der Waals surface area contributed by atoms with Gasteiger partial charge in [-0.15, -0.1) is 0 Å². The summed E-state index contributed by atoms with van der Waals surface area (Å²) < 4.78 is 6.03. The van der Waals surface area contributed by atoms with E-state index in [0.717, 1.165) is 29.8 Å². The molecule has 1 heterocycles. The van der Waals surface area contributed by atoms with Gasteiger partial charge in [0.05, 0.1) is 5.56 Å². The molecule has 2 N–H and O–H groups in total. The van der Waals surface area contributed by atoms with E-state index in [2.05, 4.69) is 10.3 Å². The summed E-state index contributed by atoms with van der Waals surface area (Å²) in [6.07, 6.45) is 6.74. The van der Waals surface area contributed by atoms with Gasteiger partial charge >= 0.3 is 5.97 Å². The molecule has 24 heavy (non-hydrogen) atoms. The first kappa shape index (κ1) is 16.5. The van der Waals surface area contributed by atoms with Crippen molar-refractivity contribution < 1.29 is 14.6 Å². The lowest BCUT2D eigenvalue weighted by Gasteiger charge is -2.15. The summed E-state index contributed by atoms with van der Waals surface area (Å²) in [6.45, 7) is 1.33. The third-order valence-electron chi connectivity index (χ3n) is 4.28. The maximum atomic E-state index is 10.9. The Morgan fingerprint density at radius 3 is 2.62 bits per heavy atom. The fourth-order valence-corrected chi connectivity index (χ4v) is 2.94. The molecule has 1 saturated carbocycles. The van der Waals surface area contributed by atoms with E-state index in [0.29, 0.717) is 24.8 Å². The molecule has 1 aliphatic rings. The fraction of sp³-hybridized carbons (Fsp3) is 0.368. The van der Waals surface area contributed by atoms with Gasteiger partial charge < -0.3 is 15.2 Å². The Balaban J connectivity index is 1.55. The molecule has 3 rings (SSSR count). The van der Waals surface area contributed by atoms with E-state index >= 15 is 0 Å². The lowest BCUT2D eigenvalue weighted by molar-refractivity contribution is 0.0697. The van der Waals surface area contributed by atoms with E-state index in [-0.39, 0.29) is 0 Å². The van der Waals surface area contributed by atoms with Crippen molar-refractivity contribution in [2.24, 2.45) is 0 Å². The maximum Gasteiger partial charge on any atom is 0.335 e. The molecule has 1 fully saturated rings. The molecular formula is C19H22N2O3. The van der Waals surface area contributed by atoms with Crippen LogP contribution in [0.1, 0.15) is 47.2 Å². The maximum absolute atomic E-state index is 10.9. The number of rotatable bonds is 7. The van der Waals surface area contributed by atoms with Gasteiger partial charge in [-0.3, -0.25) is 0 Å². The molecular weight excluding hydrogens is 304 g/mol. The second kappa shape index (κ2) is 7.93. The molecule has 1 aromatic carbocycles. The zero-order chi connectivity index (χ0) is 16.8. The largest absolute Gasteiger partial charge is 0.478 e. The first-order valence-corrected chi connectivity index (χ1v) is 8.36. The molecule has 5 heteroatoms. The molecule has 0 saturated heterocycles. The summed E-state index contributed by atoms with van der Waals surface area (Å²) in [5.41, 5.74) is 2.40. The minimum Gasteiger partial charge on any atom is -0.478 e. The Morgan fingerprint density at radius 1 is 1.17 bits per heavy atom. The number of aromatic nitrogens is 1. The highest BCUT2D eigenvalue weighted by molar-refractivity contribution is 5.87. The number of pyridine rings is 1. The summed E-state index contributed by atoms with van der Waals surface area (Å²) in [5.74, 6) is -0.184. The van der Waals surface area contributed by atoms with E-state index in [1.165, 1.54) is 12.8 Å². The molecule has 0 unspecified atom stereocenters. The van der Waals surface area contributed by atoms with Crippen molar-refractivity contribution in [2.75, 3.05) is 0 Å². The number of nitrogens with one attached hydrogen (secondary N) is 1. The van der Waals surface area contributed by atoms with E-state index in [1.54, 1.807) is 18.3 Å². The Kier molecular flexibility index (Phi) is 5.43. The second-order valence-corrected chi connectivity index (χ2v) is 6.10. The van der Waals surface area contributed by atoms with Crippen LogP contribution in [0.25, 0.3) is 0 Å². The summed E-state index contributed by atoms with van der Waals surface area (Å²) in [7, 11) is 0. The smallest absolute Gasteiger partial charge is 0.335 e. The van der Waals surface area contributed by atoms with Crippen LogP contribution >= 0.6 is 0 Å². The van der Waals surface area contributed by atoms with Crippen molar-refractivity contribution in [2.45, 2.75) is 44.9 Å². The summed E-state index contributed by atoms with van der Waals surface area (Å²) in [4.78, 5) is 15.2. The summed E-state index contributed by atoms with van der Waals surface area (Å²) in [5, 5.41) is 12.3. The van der Waals surface area contributed by atoms with Gasteiger partial charge in [-0.2, -0.15) is 0 Å². The lowest BCUT2D eigenvalue weighted by Crippen LogP contribution is -2.17. The van der Waals surface area contributed by atoms with Crippen LogP contribution in [-0.2, 0) is 13.1 Å². The van der Waals surface area contributed by atoms with Gasteiger partial charge in [-0.25, -0.2) is 9.78 Å². The van der Waals surface area contributed by atoms with Gasteiger partial charge in [0.25, 0.3) is 0 Å². The summed E-state index contributed by atoms with van der Waals surface area (Å²) >= 11 is 0. The predicted molar refractivity (Wildman–Crippen MR) is 91.1 cm³/mol. The SMILES string of the molecule is O=C(O)c1ccc(CNCc2cccnc2OC2CCCC2)cc1. The fourth-order valence-electron chi connectivity index (χ4n) is 2.94. The number of carbonyl (C=O) groups is 1. The van der Waals surface area contributed by atoms with Crippen molar-refractivity contribution in [1.29, 1.82) is 0 Å². The topological polar surface area (TPSA) is 71.5 Å². The van der Waals surface area contributed by atoms with Crippen LogP contribution < -0.4 is 10.1 Å². The third-order valence-corrected chi connectivity index (χ3v) is 4.28. The average Bonchev–Trinajstić information content (AvgIpc) is 3.10. The lowest BCUT2D eigenvalue weighted by atomic mass is 10.1. The number of nitrogens with zero attached hydrogens (tertiary/aromatic N) is 1. The number of hydrogen-bond acceptors (Lipinski definition) is 4. The molecule has 0 amide bonds. The molecule has 0 aliphatic heterocycles. The highest BCUT2D eigenvalue weighted by Gasteiger charge is 2.18. The summed E-state index contributed by atoms with van der Waals surface area (Å²) in [6, 6.07) is 10.8. The van der Waals surface area contributed by atoms with Crippen LogP contribution in [0.3, 0.4) is 0 Å². The van der Waals surface area contributed by atoms with Gasteiger partial charge in [-0.05, 0) is 49.4 Å². The van der Waals surface area contributed by atoms with E-state index in [1.807, 2.05) is 24.3 Å². The number of benzene rings is 1. The second-order valence-electron chi connectivity index (χ2n) is 6.10. The molecule has 0 spiro atoms. The van der Waals surface area contributed by atoms with Crippen LogP contribution in [0, 0.1) is 0 Å². The Hall–Kier alpha value is -2.40. The van der Waals surface area contributed by atoms with Crippen molar-refractivity contribution in [3.05, 3.63) is 59.3 Å². The van der Waals surface area contributed by atoms with Crippen molar-refractivity contribution >= 4 is 5.97 Å². The third kappa shape index (κ3) is 4.32. The van der Waals surface area contributed by atoms with Crippen molar-refractivity contribution in [3.63, 3.8) is 0 Å². The number of carboxylic acids is 1. The van der Waals surface area contributed by atoms with Gasteiger partial charge in [0.2, 0.25) is 5.88 Å². The molecule has 1 aliphatic carbocycles. The molecule has 5 nitrogen and oxygen atoms in total. The zero-order valence-corrected chi connectivity index (χ0v) is 13.6. The predicted octanol–water partition coefficient (Wildman–Crippen LogP) is 3.39. The van der Waals surface area contributed by atoms with Crippen LogP contribution in [-0.4, -0.2) is 22.2 Å². The molecule has 126 valence electrons. The normalized spacial score (nSPS) is 14.7. The van der Waals surface area contributed by atoms with Crippen LogP contribution in [0.5, 0.6) is 5.88 Å². The highest BCUT2D eigenvalue weighted by atomic mass is 16.5. The van der Waals surface area contributed by atoms with Gasteiger partial charge in [0.1, 0.15) is 6.10 Å². The quantitative estimate of drug-likeness (QED) is 0.816. The van der Waals surface area contributed by atoms with Gasteiger partial charge in [0, 0.05) is 24.8 Å². The number of carboxylic acid groups (broad SMARTS) is 1. The molecule has 2 aromatic rings. The van der Waals surface area contributed by atoms with Crippen LogP contribution in [0.15, 0.2) is 42.6 Å². The average molecular weight is 326 g/mol. The number of ether oxygens (including phenoxy) is 1. The first-order valence-electron chi connectivity index (χ1n) is 8.36. The van der Waals surface area contributed by atoms with Crippen molar-refractivity contribution in [3.8, 4) is 5.88 Å². The standard InChI is InChI=1S/C19H22N2O3/c22-19(23)15-9-7-14(8-10-15)12-20-13-16-4-3-11-21-18(16)24-17-5-1-2-6-17/h3-4,7-11,17,20H,1-2,5-6,12-13H2,(H,22,23). The zero-order valence-electron chi connectivity index (χ0n) is 13.6. The van der Waals surface area contributed by atoms with E-state index in [4.69, 9.17) is 9.84 Å². The highest BCUT2D eigenvalue weighted by Crippen LogP contribution is 2.24. The van der Waals surface area contributed by atoms with Gasteiger partial charge in [-0.1, -0.05) is 18.2 Å². The Bertz CT molecular complexity index is 679. The number of hydrogen-bond donors (Lipinski definition) is 2. The Morgan fingerprint density at radius 2 is 1.92 bits per heavy atom. The molecule has 0 atom stereocenters. The first-order chi connectivity index (χ1) is 11.7. The van der Waals surface area contributed by atoms with Gasteiger partial charge in [0.15, 0.2) is 0 Å². The van der Waals surface area contributed by atoms with Crippen LogP contribution in [0.2, 0.25) is 0 Å². The molecule has 0 radical (unpaired) electrons. The molecule has 1 aromatic heterocycles. The monoisotopic (exact) mass is 326 g/mol. The van der Waals surface area contributed by atoms with E-state index in [9.17, 15) is 4.79 Å². The molecule has 0 bridgehead atoms. The van der Waals surface area contributed by atoms with E-state index < -0.39 is 5.97 Å². The van der Waals surface area contributed by atoms with Crippen molar-refractivity contribution in [1.82, 2.24) is 10.3 Å².